The van der Waals surface area contributed by atoms with Crippen LogP contribution in [0.15, 0.2) is 6.33 Å². The molecule has 1 aromatic heterocycles. The Morgan fingerprint density at radius 3 is 2.42 bits per heavy atom. The van der Waals surface area contributed by atoms with Crippen molar-refractivity contribution in [2.75, 3.05) is 17.7 Å². The number of hydrogen-bond donors (Lipinski definition) is 2. The van der Waals surface area contributed by atoms with Crippen LogP contribution in [0.1, 0.15) is 52.5 Å². The number of anilines is 2. The van der Waals surface area contributed by atoms with Gasteiger partial charge in [-0.25, -0.2) is 9.97 Å². The smallest absolute Gasteiger partial charge is 0.134 e. The van der Waals surface area contributed by atoms with Gasteiger partial charge in [0.05, 0.1) is 0 Å². The first-order valence-corrected chi connectivity index (χ1v) is 7.40. The van der Waals surface area contributed by atoms with Gasteiger partial charge in [-0.1, -0.05) is 33.6 Å². The fourth-order valence-corrected chi connectivity index (χ4v) is 2.30. The third-order valence-corrected chi connectivity index (χ3v) is 3.52. The first-order chi connectivity index (χ1) is 9.12. The minimum Gasteiger partial charge on any atom is -0.373 e. The van der Waals surface area contributed by atoms with Gasteiger partial charge in [-0.05, 0) is 25.7 Å². The summed E-state index contributed by atoms with van der Waals surface area (Å²) in [6.45, 7) is 8.94. The topological polar surface area (TPSA) is 49.8 Å². The average Bonchev–Trinajstić information content (AvgIpc) is 2.40. The molecule has 0 spiro atoms. The van der Waals surface area contributed by atoms with Crippen LogP contribution in [-0.4, -0.2) is 23.1 Å². The molecule has 0 aliphatic heterocycles. The van der Waals surface area contributed by atoms with Crippen LogP contribution in [0.3, 0.4) is 0 Å². The average molecular weight is 264 g/mol. The summed E-state index contributed by atoms with van der Waals surface area (Å²) >= 11 is 0. The van der Waals surface area contributed by atoms with Gasteiger partial charge < -0.3 is 10.6 Å². The van der Waals surface area contributed by atoms with E-state index in [9.17, 15) is 0 Å². The molecule has 0 amide bonds. The summed E-state index contributed by atoms with van der Waals surface area (Å²) in [7, 11) is 1.91. The molecule has 4 nitrogen and oxygen atoms in total. The monoisotopic (exact) mass is 264 g/mol. The van der Waals surface area contributed by atoms with Crippen LogP contribution in [0.4, 0.5) is 11.6 Å². The molecule has 0 aliphatic carbocycles. The third-order valence-electron chi connectivity index (χ3n) is 3.52. The van der Waals surface area contributed by atoms with E-state index in [1.807, 2.05) is 7.05 Å². The second-order valence-corrected chi connectivity index (χ2v) is 5.34. The highest BCUT2D eigenvalue weighted by atomic mass is 15.1. The van der Waals surface area contributed by atoms with Crippen LogP contribution in [-0.2, 0) is 6.42 Å². The Morgan fingerprint density at radius 2 is 1.84 bits per heavy atom. The van der Waals surface area contributed by atoms with Crippen molar-refractivity contribution in [1.29, 1.82) is 0 Å². The molecule has 1 heterocycles. The van der Waals surface area contributed by atoms with Crippen molar-refractivity contribution in [3.05, 3.63) is 11.9 Å². The highest BCUT2D eigenvalue weighted by molar-refractivity contribution is 5.57. The lowest BCUT2D eigenvalue weighted by Gasteiger charge is -2.20. The molecule has 2 atom stereocenters. The molecule has 0 aromatic carbocycles. The fourth-order valence-electron chi connectivity index (χ4n) is 2.30. The summed E-state index contributed by atoms with van der Waals surface area (Å²) in [4.78, 5) is 8.72. The number of nitrogens with zero attached hydrogens (tertiary/aromatic N) is 2. The molecule has 0 saturated carbocycles. The Balaban J connectivity index is 2.81. The number of hydrogen-bond acceptors (Lipinski definition) is 4. The Kier molecular flexibility index (Phi) is 6.60. The van der Waals surface area contributed by atoms with Crippen molar-refractivity contribution in [3.8, 4) is 0 Å². The zero-order valence-corrected chi connectivity index (χ0v) is 13.0. The molecular weight excluding hydrogens is 236 g/mol. The highest BCUT2D eigenvalue weighted by Crippen LogP contribution is 2.23. The lowest BCUT2D eigenvalue weighted by Crippen LogP contribution is -2.20. The molecule has 2 unspecified atom stereocenters. The molecule has 4 heteroatoms. The first-order valence-electron chi connectivity index (χ1n) is 7.40. The first kappa shape index (κ1) is 15.7. The van der Waals surface area contributed by atoms with E-state index in [0.717, 1.165) is 30.4 Å². The van der Waals surface area contributed by atoms with Gasteiger partial charge in [0.1, 0.15) is 18.0 Å². The number of rotatable bonds is 8. The maximum absolute atomic E-state index is 4.42. The maximum atomic E-state index is 4.42. The maximum Gasteiger partial charge on any atom is 0.134 e. The molecule has 1 aromatic rings. The van der Waals surface area contributed by atoms with E-state index in [1.165, 1.54) is 18.4 Å². The van der Waals surface area contributed by atoms with E-state index in [0.29, 0.717) is 6.04 Å². The summed E-state index contributed by atoms with van der Waals surface area (Å²) in [5.41, 5.74) is 1.20. The minimum atomic E-state index is 0.435. The lowest BCUT2D eigenvalue weighted by molar-refractivity contribution is 0.483. The van der Waals surface area contributed by atoms with Gasteiger partial charge in [-0.3, -0.25) is 0 Å². The van der Waals surface area contributed by atoms with Crippen LogP contribution >= 0.6 is 0 Å². The normalized spacial score (nSPS) is 13.9. The fraction of sp³-hybridized carbons (Fsp3) is 0.733. The summed E-state index contributed by atoms with van der Waals surface area (Å²) in [5, 5.41) is 6.70. The van der Waals surface area contributed by atoms with E-state index in [4.69, 9.17) is 0 Å². The van der Waals surface area contributed by atoms with Crippen molar-refractivity contribution < 1.29 is 0 Å². The van der Waals surface area contributed by atoms with Gasteiger partial charge in [-0.15, -0.1) is 0 Å². The largest absolute Gasteiger partial charge is 0.373 e. The zero-order valence-electron chi connectivity index (χ0n) is 13.0. The Labute approximate surface area is 117 Å². The van der Waals surface area contributed by atoms with Gasteiger partial charge in [0, 0.05) is 18.7 Å². The molecule has 0 bridgehead atoms. The predicted molar refractivity (Wildman–Crippen MR) is 82.7 cm³/mol. The quantitative estimate of drug-likeness (QED) is 0.751. The van der Waals surface area contributed by atoms with Crippen LogP contribution in [0.25, 0.3) is 0 Å². The van der Waals surface area contributed by atoms with Crippen molar-refractivity contribution in [2.24, 2.45) is 5.92 Å². The van der Waals surface area contributed by atoms with E-state index in [2.05, 4.69) is 48.3 Å². The van der Waals surface area contributed by atoms with E-state index >= 15 is 0 Å². The molecule has 108 valence electrons. The molecule has 1 rings (SSSR count). The molecule has 0 radical (unpaired) electrons. The predicted octanol–water partition coefficient (Wildman–Crippen LogP) is 3.71. The number of aromatic nitrogens is 2. The van der Waals surface area contributed by atoms with Crippen molar-refractivity contribution >= 4 is 11.6 Å². The SMILES string of the molecule is CCCc1c(NC)ncnc1NC(C)CC(C)CC. The van der Waals surface area contributed by atoms with Crippen molar-refractivity contribution in [2.45, 2.75) is 59.4 Å². The Bertz CT molecular complexity index is 378. The van der Waals surface area contributed by atoms with Gasteiger partial charge in [0.2, 0.25) is 0 Å². The molecule has 2 N–H and O–H groups in total. The van der Waals surface area contributed by atoms with Crippen LogP contribution in [0.2, 0.25) is 0 Å². The molecule has 0 fully saturated rings. The van der Waals surface area contributed by atoms with Gasteiger partial charge in [-0.2, -0.15) is 0 Å². The van der Waals surface area contributed by atoms with E-state index in [-0.39, 0.29) is 0 Å². The van der Waals surface area contributed by atoms with Gasteiger partial charge in [0.15, 0.2) is 0 Å². The van der Waals surface area contributed by atoms with Gasteiger partial charge >= 0.3 is 0 Å². The zero-order chi connectivity index (χ0) is 14.3. The van der Waals surface area contributed by atoms with Crippen LogP contribution in [0, 0.1) is 5.92 Å². The van der Waals surface area contributed by atoms with Crippen molar-refractivity contribution in [3.63, 3.8) is 0 Å². The highest BCUT2D eigenvalue weighted by Gasteiger charge is 2.13. The Morgan fingerprint density at radius 1 is 1.16 bits per heavy atom. The van der Waals surface area contributed by atoms with Gasteiger partial charge in [0.25, 0.3) is 0 Å². The molecule has 0 aliphatic rings. The second kappa shape index (κ2) is 7.97. The molecule has 19 heavy (non-hydrogen) atoms. The summed E-state index contributed by atoms with van der Waals surface area (Å²) < 4.78 is 0. The molecular formula is C15H28N4. The molecule has 0 saturated heterocycles. The number of nitrogens with one attached hydrogen (secondary N) is 2. The third kappa shape index (κ3) is 4.69. The van der Waals surface area contributed by atoms with Crippen LogP contribution < -0.4 is 10.6 Å². The van der Waals surface area contributed by atoms with E-state index < -0.39 is 0 Å². The Hall–Kier alpha value is -1.32. The van der Waals surface area contributed by atoms with Crippen LogP contribution in [0.5, 0.6) is 0 Å². The van der Waals surface area contributed by atoms with E-state index in [1.54, 1.807) is 6.33 Å². The second-order valence-electron chi connectivity index (χ2n) is 5.34. The summed E-state index contributed by atoms with van der Waals surface area (Å²) in [6.07, 6.45) is 6.11. The minimum absolute atomic E-state index is 0.435. The lowest BCUT2D eigenvalue weighted by atomic mass is 10.00. The standard InChI is InChI=1S/C15H28N4/c1-6-8-13-14(16-5)17-10-18-15(13)19-12(4)9-11(3)7-2/h10-12H,6-9H2,1-5H3,(H2,16,17,18,19). The summed E-state index contributed by atoms with van der Waals surface area (Å²) in [6, 6.07) is 0.435. The van der Waals surface area contributed by atoms with Crippen molar-refractivity contribution in [1.82, 2.24) is 9.97 Å². The summed E-state index contributed by atoms with van der Waals surface area (Å²) in [5.74, 6) is 2.66.